The van der Waals surface area contributed by atoms with Crippen LogP contribution >= 0.6 is 36.0 Å². The molecule has 1 heterocycles. The van der Waals surface area contributed by atoms with Gasteiger partial charge in [0.25, 0.3) is 0 Å². The lowest BCUT2D eigenvalue weighted by Gasteiger charge is -2.27. The highest BCUT2D eigenvalue weighted by Gasteiger charge is 2.35. The zero-order valence-corrected chi connectivity index (χ0v) is 15.3. The van der Waals surface area contributed by atoms with Crippen molar-refractivity contribution in [2.45, 2.75) is 36.1 Å². The van der Waals surface area contributed by atoms with E-state index < -0.39 is 6.10 Å². The number of aliphatic hydroxyl groups excluding tert-OH is 1. The number of benzene rings is 1. The average Bonchev–Trinajstić information content (AvgIpc) is 2.89. The van der Waals surface area contributed by atoms with Crippen molar-refractivity contribution in [3.8, 4) is 0 Å². The Bertz CT molecular complexity index is 527. The van der Waals surface area contributed by atoms with Crippen molar-refractivity contribution >= 4 is 41.9 Å². The summed E-state index contributed by atoms with van der Waals surface area (Å²) in [7, 11) is 0. The number of hydrogen-bond donors (Lipinski definition) is 2. The first-order valence-electron chi connectivity index (χ1n) is 7.67. The largest absolute Gasteiger partial charge is 0.389 e. The molecule has 0 unspecified atom stereocenters. The molecule has 1 aliphatic rings. The van der Waals surface area contributed by atoms with E-state index in [-0.39, 0.29) is 23.1 Å². The molecule has 0 saturated carbocycles. The molecule has 0 spiro atoms. The summed E-state index contributed by atoms with van der Waals surface area (Å²) in [5.41, 5.74) is 1.21. The van der Waals surface area contributed by atoms with Crippen molar-refractivity contribution in [3.05, 3.63) is 48.0 Å². The van der Waals surface area contributed by atoms with Gasteiger partial charge in [-0.05, 0) is 18.4 Å². The molecule has 6 heteroatoms. The van der Waals surface area contributed by atoms with Crippen LogP contribution in [-0.4, -0.2) is 44.4 Å². The molecule has 0 bridgehead atoms. The first-order valence-corrected chi connectivity index (χ1v) is 9.77. The monoisotopic (exact) mass is 371 g/mol. The van der Waals surface area contributed by atoms with Crippen LogP contribution in [0.4, 0.5) is 0 Å². The number of halogens is 1. The van der Waals surface area contributed by atoms with Gasteiger partial charge >= 0.3 is 0 Å². The number of nitrogens with zero attached hydrogens (tertiary/aromatic N) is 1. The topological polar surface area (TPSA) is 40.5 Å². The van der Waals surface area contributed by atoms with Crippen molar-refractivity contribution in [1.29, 1.82) is 0 Å². The molecular formula is C17H22ClNO2S2. The summed E-state index contributed by atoms with van der Waals surface area (Å²) in [6, 6.07) is 10.3. The van der Waals surface area contributed by atoms with Crippen molar-refractivity contribution in [2.75, 3.05) is 11.6 Å². The molecular weight excluding hydrogens is 350 g/mol. The summed E-state index contributed by atoms with van der Waals surface area (Å²) in [6.07, 6.45) is 4.27. The van der Waals surface area contributed by atoms with Crippen molar-refractivity contribution in [2.24, 2.45) is 0 Å². The summed E-state index contributed by atoms with van der Waals surface area (Å²) in [5.74, 6) is 1.32. The molecule has 1 N–H and O–H groups in total. The Hall–Kier alpha value is -0.620. The maximum absolute atomic E-state index is 12.5. The third kappa shape index (κ3) is 5.75. The zero-order chi connectivity index (χ0) is 16.7. The maximum Gasteiger partial charge on any atom is 0.227 e. The molecule has 1 aromatic carbocycles. The highest BCUT2D eigenvalue weighted by Crippen LogP contribution is 2.33. The molecule has 1 saturated heterocycles. The number of aliphatic hydroxyl groups is 1. The van der Waals surface area contributed by atoms with Gasteiger partial charge in [-0.1, -0.05) is 42.5 Å². The second kappa shape index (κ2) is 9.62. The van der Waals surface area contributed by atoms with E-state index in [1.54, 1.807) is 22.7 Å². The number of carbonyl (C=O) groups is 1. The average molecular weight is 372 g/mol. The number of carbonyl (C=O) groups excluding carboxylic acids is 1. The highest BCUT2D eigenvalue weighted by atomic mass is 35.5. The predicted octanol–water partition coefficient (Wildman–Crippen LogP) is 3.32. The van der Waals surface area contributed by atoms with E-state index in [2.05, 4.69) is 24.8 Å². The van der Waals surface area contributed by atoms with Crippen LogP contribution in [0.3, 0.4) is 0 Å². The molecule has 1 aliphatic heterocycles. The van der Waals surface area contributed by atoms with Crippen molar-refractivity contribution in [1.82, 2.24) is 4.90 Å². The molecule has 23 heavy (non-hydrogen) atoms. The van der Waals surface area contributed by atoms with E-state index in [0.29, 0.717) is 12.3 Å². The zero-order valence-electron chi connectivity index (χ0n) is 12.8. The summed E-state index contributed by atoms with van der Waals surface area (Å²) in [6.45, 7) is 0. The van der Waals surface area contributed by atoms with E-state index in [0.717, 1.165) is 12.2 Å². The van der Waals surface area contributed by atoms with Gasteiger partial charge in [0, 0.05) is 17.7 Å². The molecule has 1 aromatic rings. The second-order valence-electron chi connectivity index (χ2n) is 5.48. The molecule has 126 valence electrons. The molecule has 1 amide bonds. The number of hydrogen-bond acceptors (Lipinski definition) is 4. The number of allylic oxidation sites excluding steroid dienone is 1. The van der Waals surface area contributed by atoms with Crippen LogP contribution < -0.4 is 0 Å². The summed E-state index contributed by atoms with van der Waals surface area (Å²) in [4.78, 5) is 14.3. The van der Waals surface area contributed by atoms with Gasteiger partial charge in [-0.15, -0.1) is 36.0 Å². The fourth-order valence-electron chi connectivity index (χ4n) is 2.58. The van der Waals surface area contributed by atoms with Gasteiger partial charge < -0.3 is 10.0 Å². The van der Waals surface area contributed by atoms with E-state index in [4.69, 9.17) is 11.6 Å². The molecule has 0 aromatic heterocycles. The Morgan fingerprint density at radius 3 is 2.91 bits per heavy atom. The van der Waals surface area contributed by atoms with Crippen LogP contribution in [0, 0.1) is 0 Å². The van der Waals surface area contributed by atoms with Crippen molar-refractivity contribution < 1.29 is 9.90 Å². The van der Waals surface area contributed by atoms with Gasteiger partial charge in [-0.2, -0.15) is 0 Å². The van der Waals surface area contributed by atoms with Gasteiger partial charge in [-0.3, -0.25) is 4.79 Å². The van der Waals surface area contributed by atoms with Crippen molar-refractivity contribution in [3.63, 3.8) is 0 Å². The Kier molecular flexibility index (Phi) is 7.83. The lowest BCUT2D eigenvalue weighted by molar-refractivity contribution is -0.133. The van der Waals surface area contributed by atoms with E-state index in [9.17, 15) is 9.90 Å². The highest BCUT2D eigenvalue weighted by molar-refractivity contribution is 8.10. The van der Waals surface area contributed by atoms with Gasteiger partial charge in [0.05, 0.1) is 12.5 Å². The first-order chi connectivity index (χ1) is 11.1. The van der Waals surface area contributed by atoms with Gasteiger partial charge in [0.2, 0.25) is 5.91 Å². The Morgan fingerprint density at radius 1 is 1.48 bits per heavy atom. The minimum atomic E-state index is -0.769. The third-order valence-corrected chi connectivity index (χ3v) is 5.71. The molecule has 3 atom stereocenters. The Morgan fingerprint density at radius 2 is 2.22 bits per heavy atom. The minimum absolute atomic E-state index is 0.0565. The lowest BCUT2D eigenvalue weighted by atomic mass is 10.1. The van der Waals surface area contributed by atoms with E-state index in [1.165, 1.54) is 5.56 Å². The lowest BCUT2D eigenvalue weighted by Crippen LogP contribution is -2.42. The predicted molar refractivity (Wildman–Crippen MR) is 101 cm³/mol. The van der Waals surface area contributed by atoms with E-state index >= 15 is 0 Å². The van der Waals surface area contributed by atoms with Crippen LogP contribution in [0.5, 0.6) is 0 Å². The van der Waals surface area contributed by atoms with Crippen LogP contribution in [0.15, 0.2) is 42.5 Å². The first kappa shape index (κ1) is 18.7. The SMILES string of the molecule is O=C(C[C@H](O)/C=C/CCCl)N1[C@H](Cc2ccccc2)CS[C@H]1S. The summed E-state index contributed by atoms with van der Waals surface area (Å²) < 4.78 is -0.143. The molecule has 2 rings (SSSR count). The molecule has 0 aliphatic carbocycles. The molecule has 0 radical (unpaired) electrons. The number of amides is 1. The Labute approximate surface area is 152 Å². The minimum Gasteiger partial charge on any atom is -0.389 e. The van der Waals surface area contributed by atoms with Gasteiger partial charge in [0.1, 0.15) is 4.71 Å². The molecule has 1 fully saturated rings. The number of thioether (sulfide) groups is 1. The number of rotatable bonds is 7. The third-order valence-electron chi connectivity index (χ3n) is 3.69. The van der Waals surface area contributed by atoms with Crippen LogP contribution in [0.2, 0.25) is 0 Å². The maximum atomic E-state index is 12.5. The number of alkyl halides is 1. The normalized spacial score (nSPS) is 22.7. The smallest absolute Gasteiger partial charge is 0.227 e. The summed E-state index contributed by atoms with van der Waals surface area (Å²) in [5, 5.41) is 9.96. The summed E-state index contributed by atoms with van der Waals surface area (Å²) >= 11 is 11.8. The van der Waals surface area contributed by atoms with Gasteiger partial charge in [0.15, 0.2) is 0 Å². The van der Waals surface area contributed by atoms with E-state index in [1.807, 2.05) is 24.3 Å². The second-order valence-corrected chi connectivity index (χ2v) is 7.81. The fraction of sp³-hybridized carbons (Fsp3) is 0.471. The fourth-order valence-corrected chi connectivity index (χ4v) is 4.40. The standard InChI is InChI=1S/C17H22ClNO2S2/c18-9-5-4-8-15(20)11-16(21)19-14(12-23-17(19)22)10-13-6-2-1-3-7-13/h1-4,6-8,14-15,17,20,22H,5,9-12H2/b8-4+/t14-,15-,17-/m1/s1. The Balaban J connectivity index is 1.95. The van der Waals surface area contributed by atoms with Gasteiger partial charge in [-0.25, -0.2) is 0 Å². The van der Waals surface area contributed by atoms with Crippen LogP contribution in [0.1, 0.15) is 18.4 Å². The van der Waals surface area contributed by atoms with Crippen LogP contribution in [0.25, 0.3) is 0 Å². The van der Waals surface area contributed by atoms with Crippen LogP contribution in [-0.2, 0) is 11.2 Å². The molecule has 3 nitrogen and oxygen atoms in total. The number of thiol groups is 1. The quantitative estimate of drug-likeness (QED) is 0.439.